The molecule has 3 rings (SSSR count). The minimum atomic E-state index is -0.776. The van der Waals surface area contributed by atoms with E-state index in [1.54, 1.807) is 48.5 Å². The van der Waals surface area contributed by atoms with Gasteiger partial charge in [-0.1, -0.05) is 29.8 Å². The Bertz CT molecular complexity index is 585. The molecular weight excluding hydrogens is 295 g/mol. The van der Waals surface area contributed by atoms with E-state index in [1.165, 1.54) is 0 Å². The first-order valence-electron chi connectivity index (χ1n) is 6.15. The van der Waals surface area contributed by atoms with Crippen LogP contribution in [0.5, 0.6) is 11.5 Å². The highest BCUT2D eigenvalue weighted by Crippen LogP contribution is 2.46. The van der Waals surface area contributed by atoms with Crippen molar-refractivity contribution in [1.29, 1.82) is 0 Å². The van der Waals surface area contributed by atoms with Gasteiger partial charge in [-0.2, -0.15) is 0 Å². The van der Waals surface area contributed by atoms with E-state index in [1.807, 2.05) is 0 Å². The first kappa shape index (κ1) is 13.3. The number of hydrogen-bond acceptors (Lipinski definition) is 2. The smallest absolute Gasteiger partial charge is 0.277 e. The zero-order valence-electron chi connectivity index (χ0n) is 10.6. The minimum absolute atomic E-state index is 0.665. The van der Waals surface area contributed by atoms with Gasteiger partial charge in [0.05, 0.1) is 6.42 Å². The molecule has 0 bridgehead atoms. The Morgan fingerprint density at radius 3 is 1.45 bits per heavy atom. The summed E-state index contributed by atoms with van der Waals surface area (Å²) >= 11 is 11.7. The van der Waals surface area contributed by atoms with Crippen LogP contribution in [0.1, 0.15) is 6.42 Å². The zero-order valence-corrected chi connectivity index (χ0v) is 12.1. The molecular formula is C16H12Cl2O2. The van der Waals surface area contributed by atoms with Gasteiger partial charge in [-0.25, -0.2) is 0 Å². The van der Waals surface area contributed by atoms with Crippen LogP contribution in [-0.2, 0) is 0 Å². The maximum atomic E-state index is 5.90. The second-order valence-electron chi connectivity index (χ2n) is 4.65. The first-order chi connectivity index (χ1) is 9.57. The first-order valence-corrected chi connectivity index (χ1v) is 6.90. The zero-order chi connectivity index (χ0) is 14.2. The summed E-state index contributed by atoms with van der Waals surface area (Å²) in [7, 11) is 0. The Kier molecular flexibility index (Phi) is 3.36. The van der Waals surface area contributed by atoms with Crippen LogP contribution in [0.25, 0.3) is 0 Å². The van der Waals surface area contributed by atoms with E-state index >= 15 is 0 Å². The highest BCUT2D eigenvalue weighted by atomic mass is 35.5. The Hall–Kier alpha value is -1.64. The number of hydrogen-bond donors (Lipinski definition) is 0. The van der Waals surface area contributed by atoms with Crippen LogP contribution in [0, 0.1) is 0 Å². The molecule has 0 heterocycles. The Balaban J connectivity index is 1.76. The molecule has 1 fully saturated rings. The summed E-state index contributed by atoms with van der Waals surface area (Å²) in [4.78, 5) is 0. The molecule has 2 aromatic rings. The minimum Gasteiger partial charge on any atom is -0.448 e. The lowest BCUT2D eigenvalue weighted by molar-refractivity contribution is -0.00818. The molecule has 1 saturated carbocycles. The molecule has 0 unspecified atom stereocenters. The standard InChI is InChI=1S/C16H12Cl2O2/c1-11-10-16(11,19-14-6-2-12(17)3-7-14)20-15-8-4-13(18)5-9-15/h2-9H,1,10H2. The molecule has 0 N–H and O–H groups in total. The molecule has 1 aliphatic carbocycles. The number of ether oxygens (including phenoxy) is 2. The largest absolute Gasteiger partial charge is 0.448 e. The maximum Gasteiger partial charge on any atom is 0.277 e. The third kappa shape index (κ3) is 2.77. The monoisotopic (exact) mass is 306 g/mol. The van der Waals surface area contributed by atoms with Crippen molar-refractivity contribution in [2.75, 3.05) is 0 Å². The Morgan fingerprint density at radius 2 is 1.15 bits per heavy atom. The molecule has 0 aliphatic heterocycles. The predicted molar refractivity (Wildman–Crippen MR) is 80.6 cm³/mol. The third-order valence-electron chi connectivity index (χ3n) is 3.05. The van der Waals surface area contributed by atoms with Gasteiger partial charge in [0.1, 0.15) is 11.5 Å². The van der Waals surface area contributed by atoms with Crippen molar-refractivity contribution in [2.24, 2.45) is 0 Å². The molecule has 0 amide bonds. The summed E-state index contributed by atoms with van der Waals surface area (Å²) in [6, 6.07) is 14.3. The lowest BCUT2D eigenvalue weighted by atomic mass is 10.3. The fraction of sp³-hybridized carbons (Fsp3) is 0.125. The quantitative estimate of drug-likeness (QED) is 0.577. The van der Waals surface area contributed by atoms with Crippen molar-refractivity contribution in [3.63, 3.8) is 0 Å². The van der Waals surface area contributed by atoms with Crippen LogP contribution in [0.3, 0.4) is 0 Å². The lowest BCUT2D eigenvalue weighted by Crippen LogP contribution is -2.26. The van der Waals surface area contributed by atoms with Crippen LogP contribution < -0.4 is 9.47 Å². The van der Waals surface area contributed by atoms with Gasteiger partial charge in [-0.3, -0.25) is 0 Å². The summed E-state index contributed by atoms with van der Waals surface area (Å²) in [5, 5.41) is 1.33. The highest BCUT2D eigenvalue weighted by Gasteiger charge is 2.54. The van der Waals surface area contributed by atoms with Gasteiger partial charge >= 0.3 is 0 Å². The van der Waals surface area contributed by atoms with E-state index < -0.39 is 5.79 Å². The van der Waals surface area contributed by atoms with E-state index in [-0.39, 0.29) is 0 Å². The van der Waals surface area contributed by atoms with Gasteiger partial charge in [0.15, 0.2) is 0 Å². The molecule has 0 aromatic heterocycles. The van der Waals surface area contributed by atoms with E-state index in [2.05, 4.69) is 6.58 Å². The fourth-order valence-electron chi connectivity index (χ4n) is 1.86. The van der Waals surface area contributed by atoms with Crippen LogP contribution in [-0.4, -0.2) is 5.79 Å². The summed E-state index contributed by atoms with van der Waals surface area (Å²) in [5.74, 6) is 0.616. The van der Waals surface area contributed by atoms with Crippen LogP contribution in [0.2, 0.25) is 10.0 Å². The maximum absolute atomic E-state index is 5.90. The van der Waals surface area contributed by atoms with Crippen molar-refractivity contribution in [2.45, 2.75) is 12.2 Å². The van der Waals surface area contributed by atoms with Gasteiger partial charge < -0.3 is 9.47 Å². The van der Waals surface area contributed by atoms with Crippen LogP contribution in [0.4, 0.5) is 0 Å². The van der Waals surface area contributed by atoms with Crippen molar-refractivity contribution in [3.8, 4) is 11.5 Å². The van der Waals surface area contributed by atoms with E-state index in [4.69, 9.17) is 32.7 Å². The van der Waals surface area contributed by atoms with E-state index in [9.17, 15) is 0 Å². The molecule has 0 saturated heterocycles. The average Bonchev–Trinajstić information content (AvgIpc) is 3.05. The molecule has 4 heteroatoms. The normalized spacial score (nSPS) is 15.8. The summed E-state index contributed by atoms with van der Waals surface area (Å²) in [6.45, 7) is 3.95. The Morgan fingerprint density at radius 1 is 0.800 bits per heavy atom. The topological polar surface area (TPSA) is 18.5 Å². The third-order valence-corrected chi connectivity index (χ3v) is 3.56. The van der Waals surface area contributed by atoms with Crippen molar-refractivity contribution in [3.05, 3.63) is 70.7 Å². The average molecular weight is 307 g/mol. The molecule has 20 heavy (non-hydrogen) atoms. The van der Waals surface area contributed by atoms with Gasteiger partial charge in [-0.05, 0) is 48.5 Å². The van der Waals surface area contributed by atoms with Crippen molar-refractivity contribution in [1.82, 2.24) is 0 Å². The molecule has 102 valence electrons. The summed E-state index contributed by atoms with van der Waals surface area (Å²) in [6.07, 6.45) is 0.665. The van der Waals surface area contributed by atoms with E-state index in [0.717, 1.165) is 5.57 Å². The SMILES string of the molecule is C=C1CC1(Oc1ccc(Cl)cc1)Oc1ccc(Cl)cc1. The number of rotatable bonds is 4. The van der Waals surface area contributed by atoms with Crippen molar-refractivity contribution >= 4 is 23.2 Å². The molecule has 1 aliphatic rings. The fourth-order valence-corrected chi connectivity index (χ4v) is 2.11. The molecule has 0 spiro atoms. The van der Waals surface area contributed by atoms with Gasteiger partial charge in [0, 0.05) is 15.6 Å². The molecule has 0 radical (unpaired) electrons. The highest BCUT2D eigenvalue weighted by molar-refractivity contribution is 6.30. The van der Waals surface area contributed by atoms with Crippen LogP contribution in [0.15, 0.2) is 60.7 Å². The molecule has 2 nitrogen and oxygen atoms in total. The predicted octanol–water partition coefficient (Wildman–Crippen LogP) is 5.11. The molecule has 2 aromatic carbocycles. The number of halogens is 2. The van der Waals surface area contributed by atoms with Gasteiger partial charge in [0.25, 0.3) is 5.79 Å². The summed E-state index contributed by atoms with van der Waals surface area (Å²) in [5.41, 5.74) is 0.905. The second kappa shape index (κ2) is 5.04. The Labute approximate surface area is 127 Å². The lowest BCUT2D eigenvalue weighted by Gasteiger charge is -2.19. The van der Waals surface area contributed by atoms with Crippen LogP contribution >= 0.6 is 23.2 Å². The summed E-state index contributed by atoms with van der Waals surface area (Å²) < 4.78 is 11.8. The van der Waals surface area contributed by atoms with Gasteiger partial charge in [-0.15, -0.1) is 0 Å². The number of benzene rings is 2. The van der Waals surface area contributed by atoms with E-state index in [0.29, 0.717) is 28.0 Å². The van der Waals surface area contributed by atoms with Crippen molar-refractivity contribution < 1.29 is 9.47 Å². The molecule has 0 atom stereocenters. The van der Waals surface area contributed by atoms with Gasteiger partial charge in [0.2, 0.25) is 0 Å². The second-order valence-corrected chi connectivity index (χ2v) is 5.52.